The number of nitrogens with zero attached hydrogens (tertiary/aromatic N) is 1. The number of hydrogen-bond donors (Lipinski definition) is 1. The maximum Gasteiger partial charge on any atom is 0.310 e. The fourth-order valence-corrected chi connectivity index (χ4v) is 2.53. The first-order valence-electron chi connectivity index (χ1n) is 8.27. The third-order valence-corrected chi connectivity index (χ3v) is 4.09. The van der Waals surface area contributed by atoms with Gasteiger partial charge in [-0.05, 0) is 31.4 Å². The van der Waals surface area contributed by atoms with Crippen molar-refractivity contribution in [1.82, 2.24) is 0 Å². The van der Waals surface area contributed by atoms with Crippen LogP contribution in [0.1, 0.15) is 30.1 Å². The summed E-state index contributed by atoms with van der Waals surface area (Å²) in [6.45, 7) is 1.72. The minimum absolute atomic E-state index is 0.0639. The van der Waals surface area contributed by atoms with Crippen molar-refractivity contribution in [3.8, 4) is 0 Å². The van der Waals surface area contributed by atoms with E-state index in [0.717, 1.165) is 12.8 Å². The molecule has 0 spiro atoms. The van der Waals surface area contributed by atoms with Gasteiger partial charge in [-0.15, -0.1) is 0 Å². The van der Waals surface area contributed by atoms with Crippen LogP contribution in [0, 0.1) is 23.0 Å². The number of benzene rings is 2. The molecular formula is C19H18N2O5. The van der Waals surface area contributed by atoms with Gasteiger partial charge in [0.2, 0.25) is 6.10 Å². The van der Waals surface area contributed by atoms with Crippen LogP contribution in [0.4, 0.5) is 11.4 Å². The largest absolute Gasteiger partial charge is 0.447 e. The number of rotatable bonds is 6. The van der Waals surface area contributed by atoms with E-state index in [9.17, 15) is 19.7 Å². The average molecular weight is 354 g/mol. The van der Waals surface area contributed by atoms with E-state index in [4.69, 9.17) is 4.74 Å². The second kappa shape index (κ2) is 7.35. The summed E-state index contributed by atoms with van der Waals surface area (Å²) in [6.07, 6.45) is 0.349. The van der Waals surface area contributed by atoms with Crippen LogP contribution in [0.15, 0.2) is 48.5 Å². The maximum atomic E-state index is 12.7. The van der Waals surface area contributed by atoms with E-state index in [1.54, 1.807) is 43.3 Å². The first kappa shape index (κ1) is 17.6. The van der Waals surface area contributed by atoms with Gasteiger partial charge in [-0.25, -0.2) is 0 Å². The quantitative estimate of drug-likeness (QED) is 0.486. The predicted molar refractivity (Wildman–Crippen MR) is 94.5 cm³/mol. The Kier molecular flexibility index (Phi) is 4.97. The lowest BCUT2D eigenvalue weighted by atomic mass is 10.1. The number of nitro benzene ring substituents is 1. The van der Waals surface area contributed by atoms with Crippen molar-refractivity contribution in [3.05, 3.63) is 69.8 Å². The number of anilines is 1. The van der Waals surface area contributed by atoms with Gasteiger partial charge in [-0.3, -0.25) is 19.7 Å². The molecule has 2 aromatic carbocycles. The molecule has 0 radical (unpaired) electrons. The highest BCUT2D eigenvalue weighted by Crippen LogP contribution is 2.33. The fraction of sp³-hybridized carbons (Fsp3) is 0.263. The van der Waals surface area contributed by atoms with Crippen LogP contribution in [0.3, 0.4) is 0 Å². The summed E-state index contributed by atoms with van der Waals surface area (Å²) in [7, 11) is 0. The minimum atomic E-state index is -1.16. The average Bonchev–Trinajstić information content (AvgIpc) is 3.46. The van der Waals surface area contributed by atoms with E-state index in [1.165, 1.54) is 12.1 Å². The Morgan fingerprint density at radius 3 is 2.50 bits per heavy atom. The molecule has 26 heavy (non-hydrogen) atoms. The maximum absolute atomic E-state index is 12.7. The first-order valence-corrected chi connectivity index (χ1v) is 8.27. The van der Waals surface area contributed by atoms with Crippen LogP contribution in [-0.2, 0) is 14.3 Å². The van der Waals surface area contributed by atoms with Gasteiger partial charge >= 0.3 is 5.97 Å². The summed E-state index contributed by atoms with van der Waals surface area (Å²) in [5.74, 6) is -1.22. The van der Waals surface area contributed by atoms with Gasteiger partial charge < -0.3 is 10.1 Å². The molecule has 1 unspecified atom stereocenters. The Morgan fingerprint density at radius 2 is 1.88 bits per heavy atom. The third-order valence-electron chi connectivity index (χ3n) is 4.09. The molecule has 7 nitrogen and oxygen atoms in total. The summed E-state index contributed by atoms with van der Waals surface area (Å²) >= 11 is 0. The highest BCUT2D eigenvalue weighted by atomic mass is 16.6. The van der Waals surface area contributed by atoms with E-state index in [0.29, 0.717) is 11.1 Å². The monoisotopic (exact) mass is 354 g/mol. The molecule has 0 aromatic heterocycles. The molecule has 1 amide bonds. The Balaban J connectivity index is 1.86. The van der Waals surface area contributed by atoms with Crippen molar-refractivity contribution >= 4 is 23.3 Å². The molecule has 134 valence electrons. The Morgan fingerprint density at radius 1 is 1.19 bits per heavy atom. The summed E-state index contributed by atoms with van der Waals surface area (Å²) in [6, 6.07) is 13.1. The lowest BCUT2D eigenvalue weighted by Gasteiger charge is -2.18. The van der Waals surface area contributed by atoms with Crippen LogP contribution in [0.5, 0.6) is 0 Å². The Hall–Kier alpha value is -3.22. The lowest BCUT2D eigenvalue weighted by molar-refractivity contribution is -0.384. The molecule has 0 aliphatic heterocycles. The molecule has 0 heterocycles. The zero-order chi connectivity index (χ0) is 18.7. The van der Waals surface area contributed by atoms with Gasteiger partial charge in [0.05, 0.1) is 10.8 Å². The fourth-order valence-electron chi connectivity index (χ4n) is 2.53. The molecule has 1 atom stereocenters. The van der Waals surface area contributed by atoms with Crippen molar-refractivity contribution in [2.24, 2.45) is 5.92 Å². The number of amides is 1. The summed E-state index contributed by atoms with van der Waals surface area (Å²) in [5.41, 5.74) is 1.07. The molecular weight excluding hydrogens is 336 g/mol. The molecule has 0 saturated heterocycles. The molecule has 1 aliphatic carbocycles. The highest BCUT2D eigenvalue weighted by Gasteiger charge is 2.35. The predicted octanol–water partition coefficient (Wildman–Crippen LogP) is 3.54. The summed E-state index contributed by atoms with van der Waals surface area (Å²) < 4.78 is 5.40. The molecule has 2 aromatic rings. The van der Waals surface area contributed by atoms with Gasteiger partial charge in [0.1, 0.15) is 5.69 Å². The van der Waals surface area contributed by atoms with E-state index in [1.807, 2.05) is 0 Å². The van der Waals surface area contributed by atoms with E-state index in [-0.39, 0.29) is 17.3 Å². The van der Waals surface area contributed by atoms with Gasteiger partial charge in [0.25, 0.3) is 11.6 Å². The van der Waals surface area contributed by atoms with Crippen LogP contribution < -0.4 is 5.32 Å². The number of aryl methyl sites for hydroxylation is 1. The normalized spacial score (nSPS) is 14.3. The van der Waals surface area contributed by atoms with Crippen molar-refractivity contribution in [1.29, 1.82) is 0 Å². The summed E-state index contributed by atoms with van der Waals surface area (Å²) in [4.78, 5) is 35.5. The zero-order valence-corrected chi connectivity index (χ0v) is 14.2. The molecule has 1 aliphatic rings. The Labute approximate surface area is 150 Å². The first-order chi connectivity index (χ1) is 12.5. The second-order valence-corrected chi connectivity index (χ2v) is 6.27. The highest BCUT2D eigenvalue weighted by molar-refractivity contribution is 5.98. The molecule has 1 fully saturated rings. The lowest BCUT2D eigenvalue weighted by Crippen LogP contribution is -2.26. The Bertz CT molecular complexity index is 846. The van der Waals surface area contributed by atoms with E-state index in [2.05, 4.69) is 5.32 Å². The van der Waals surface area contributed by atoms with Gasteiger partial charge in [0, 0.05) is 11.6 Å². The number of carbonyl (C=O) groups is 2. The van der Waals surface area contributed by atoms with Crippen molar-refractivity contribution in [2.75, 3.05) is 5.32 Å². The van der Waals surface area contributed by atoms with Gasteiger partial charge in [-0.1, -0.05) is 36.4 Å². The number of carbonyl (C=O) groups excluding carboxylic acids is 2. The number of nitrogens with one attached hydrogen (secondary N) is 1. The van der Waals surface area contributed by atoms with Crippen LogP contribution >= 0.6 is 0 Å². The number of nitro groups is 1. The summed E-state index contributed by atoms with van der Waals surface area (Å²) in [5, 5.41) is 13.8. The standard InChI is InChI=1S/C19H18N2O5/c1-12-7-10-15(16(11-12)21(24)25)20-18(22)17(13-5-3-2-4-6-13)26-19(23)14-8-9-14/h2-7,10-11,14,17H,8-9H2,1H3,(H,20,22). The molecule has 1 N–H and O–H groups in total. The molecule has 3 rings (SSSR count). The van der Waals surface area contributed by atoms with E-state index < -0.39 is 22.9 Å². The van der Waals surface area contributed by atoms with Crippen LogP contribution in [0.2, 0.25) is 0 Å². The minimum Gasteiger partial charge on any atom is -0.447 e. The van der Waals surface area contributed by atoms with Crippen molar-refractivity contribution in [3.63, 3.8) is 0 Å². The molecule has 7 heteroatoms. The topological polar surface area (TPSA) is 98.5 Å². The number of ether oxygens (including phenoxy) is 1. The van der Waals surface area contributed by atoms with E-state index >= 15 is 0 Å². The van der Waals surface area contributed by atoms with Crippen molar-refractivity contribution < 1.29 is 19.2 Å². The molecule has 0 bridgehead atoms. The molecule has 1 saturated carbocycles. The van der Waals surface area contributed by atoms with Crippen LogP contribution in [0.25, 0.3) is 0 Å². The third kappa shape index (κ3) is 4.05. The van der Waals surface area contributed by atoms with Crippen LogP contribution in [-0.4, -0.2) is 16.8 Å². The van der Waals surface area contributed by atoms with Gasteiger partial charge in [-0.2, -0.15) is 0 Å². The van der Waals surface area contributed by atoms with Gasteiger partial charge in [0.15, 0.2) is 0 Å². The number of hydrogen-bond acceptors (Lipinski definition) is 5. The van der Waals surface area contributed by atoms with Crippen molar-refractivity contribution in [2.45, 2.75) is 25.9 Å². The zero-order valence-electron chi connectivity index (χ0n) is 14.2. The smallest absolute Gasteiger partial charge is 0.310 e. The number of esters is 1. The SMILES string of the molecule is Cc1ccc(NC(=O)C(OC(=O)C2CC2)c2ccccc2)c([N+](=O)[O-])c1. The second-order valence-electron chi connectivity index (χ2n) is 6.27.